The van der Waals surface area contributed by atoms with E-state index in [0.29, 0.717) is 0 Å². The van der Waals surface area contributed by atoms with Crippen LogP contribution in [-0.2, 0) is 0 Å². The van der Waals surface area contributed by atoms with Gasteiger partial charge in [0.2, 0.25) is 0 Å². The minimum atomic E-state index is 1.09. The highest BCUT2D eigenvalue weighted by atomic mass is 15.1. The van der Waals surface area contributed by atoms with Crippen molar-refractivity contribution in [1.29, 1.82) is 0 Å². The maximum atomic E-state index is 2.32. The molecule has 12 aromatic rings. The van der Waals surface area contributed by atoms with E-state index in [0.717, 1.165) is 56.4 Å². The molecule has 0 aliphatic carbocycles. The van der Waals surface area contributed by atoms with Gasteiger partial charge in [0.05, 0.1) is 0 Å². The lowest BCUT2D eigenvalue weighted by atomic mass is 9.96. The summed E-state index contributed by atoms with van der Waals surface area (Å²) in [5.41, 5.74) is 13.7. The summed E-state index contributed by atoms with van der Waals surface area (Å²) in [6, 6.07) is 96.0. The van der Waals surface area contributed by atoms with Crippen molar-refractivity contribution in [1.82, 2.24) is 0 Å². The molecule has 0 saturated carbocycles. The summed E-state index contributed by atoms with van der Waals surface area (Å²) in [5.74, 6) is 0. The fraction of sp³-hybridized carbons (Fsp3) is 0. The highest BCUT2D eigenvalue weighted by Gasteiger charge is 2.15. The number of hydrogen-bond acceptors (Lipinski definition) is 2. The molecule has 12 rings (SSSR count). The van der Waals surface area contributed by atoms with Gasteiger partial charge in [-0.15, -0.1) is 0 Å². The molecule has 0 aromatic heterocycles. The summed E-state index contributed by atoms with van der Waals surface area (Å²) >= 11 is 0. The van der Waals surface area contributed by atoms with E-state index in [1.165, 1.54) is 54.2 Å². The first-order chi connectivity index (χ1) is 34.7. The van der Waals surface area contributed by atoms with Crippen LogP contribution < -0.4 is 9.80 Å². The van der Waals surface area contributed by atoms with E-state index in [9.17, 15) is 0 Å². The fourth-order valence-corrected chi connectivity index (χ4v) is 9.94. The molecular weight excluding hydrogens is 845 g/mol. The third-order valence-electron chi connectivity index (χ3n) is 13.4. The Labute approximate surface area is 409 Å². The Balaban J connectivity index is 0.801. The van der Waals surface area contributed by atoms with Crippen LogP contribution in [0.25, 0.3) is 78.5 Å². The molecule has 0 saturated heterocycles. The molecule has 70 heavy (non-hydrogen) atoms. The number of hydrogen-bond donors (Lipinski definition) is 0. The molecule has 2 heteroatoms. The van der Waals surface area contributed by atoms with Gasteiger partial charge in [0, 0.05) is 34.1 Å². The second-order valence-corrected chi connectivity index (χ2v) is 17.8. The zero-order valence-corrected chi connectivity index (χ0v) is 38.6. The monoisotopic (exact) mass is 892 g/mol. The van der Waals surface area contributed by atoms with E-state index in [1.807, 2.05) is 0 Å². The van der Waals surface area contributed by atoms with E-state index in [2.05, 4.69) is 301 Å². The minimum Gasteiger partial charge on any atom is -0.311 e. The number of rotatable bonds is 11. The lowest BCUT2D eigenvalue weighted by molar-refractivity contribution is 1.28. The van der Waals surface area contributed by atoms with Gasteiger partial charge in [0.1, 0.15) is 0 Å². The largest absolute Gasteiger partial charge is 0.311 e. The molecule has 330 valence electrons. The summed E-state index contributed by atoms with van der Waals surface area (Å²) < 4.78 is 0. The molecule has 0 heterocycles. The maximum absolute atomic E-state index is 2.32. The molecule has 0 atom stereocenters. The molecule has 0 unspecified atom stereocenters. The van der Waals surface area contributed by atoms with Gasteiger partial charge in [-0.2, -0.15) is 0 Å². The predicted molar refractivity (Wildman–Crippen MR) is 302 cm³/mol. The summed E-state index contributed by atoms with van der Waals surface area (Å²) in [6.45, 7) is 0. The third kappa shape index (κ3) is 8.40. The molecule has 0 bridgehead atoms. The number of nitrogens with zero attached hydrogens (tertiary/aromatic N) is 2. The van der Waals surface area contributed by atoms with Gasteiger partial charge in [0.15, 0.2) is 0 Å². The number of fused-ring (bicyclic) bond motifs is 4. The molecule has 0 radical (unpaired) electrons. The molecule has 0 fully saturated rings. The van der Waals surface area contributed by atoms with Gasteiger partial charge in [0.25, 0.3) is 0 Å². The Morgan fingerprint density at radius 2 is 0.471 bits per heavy atom. The predicted octanol–water partition coefficient (Wildman–Crippen LogP) is 19.2. The van der Waals surface area contributed by atoms with Gasteiger partial charge in [-0.3, -0.25) is 0 Å². The Hall–Kier alpha value is -9.24. The van der Waals surface area contributed by atoms with Crippen LogP contribution in [0.2, 0.25) is 0 Å². The molecule has 0 spiro atoms. The van der Waals surface area contributed by atoms with E-state index in [4.69, 9.17) is 0 Å². The molecular formula is C68H48N2. The van der Waals surface area contributed by atoms with Gasteiger partial charge < -0.3 is 9.80 Å². The Morgan fingerprint density at radius 3 is 0.786 bits per heavy atom. The van der Waals surface area contributed by atoms with Crippen molar-refractivity contribution in [2.75, 3.05) is 9.80 Å². The molecule has 0 amide bonds. The summed E-state index contributed by atoms with van der Waals surface area (Å²) in [4.78, 5) is 4.64. The highest BCUT2D eigenvalue weighted by Crippen LogP contribution is 2.39. The van der Waals surface area contributed by atoms with E-state index < -0.39 is 0 Å². The quantitative estimate of drug-likeness (QED) is 0.0943. The highest BCUT2D eigenvalue weighted by molar-refractivity contribution is 6.09. The zero-order valence-electron chi connectivity index (χ0n) is 38.6. The lowest BCUT2D eigenvalue weighted by Crippen LogP contribution is -2.10. The maximum Gasteiger partial charge on any atom is 0.0462 e. The van der Waals surface area contributed by atoms with Crippen molar-refractivity contribution in [2.24, 2.45) is 0 Å². The van der Waals surface area contributed by atoms with Gasteiger partial charge >= 0.3 is 0 Å². The van der Waals surface area contributed by atoms with Crippen molar-refractivity contribution in [3.63, 3.8) is 0 Å². The lowest BCUT2D eigenvalue weighted by Gasteiger charge is -2.26. The van der Waals surface area contributed by atoms with Crippen LogP contribution in [-0.4, -0.2) is 0 Å². The first-order valence-corrected chi connectivity index (χ1v) is 24.0. The van der Waals surface area contributed by atoms with Crippen LogP contribution in [0.1, 0.15) is 22.3 Å². The fourth-order valence-electron chi connectivity index (χ4n) is 9.94. The Bertz CT molecular complexity index is 3470. The van der Waals surface area contributed by atoms with Crippen molar-refractivity contribution in [3.05, 3.63) is 289 Å². The second kappa shape index (κ2) is 18.8. The van der Waals surface area contributed by atoms with Crippen LogP contribution in [0.3, 0.4) is 0 Å². The molecule has 0 N–H and O–H groups in total. The van der Waals surface area contributed by atoms with Crippen LogP contribution in [0, 0.1) is 0 Å². The van der Waals surface area contributed by atoms with Crippen molar-refractivity contribution in [2.45, 2.75) is 0 Å². The normalized spacial score (nSPS) is 11.6. The van der Waals surface area contributed by atoms with Crippen molar-refractivity contribution >= 4 is 102 Å². The second-order valence-electron chi connectivity index (χ2n) is 17.8. The molecule has 0 aliphatic heterocycles. The molecule has 0 aliphatic rings. The van der Waals surface area contributed by atoms with Crippen LogP contribution >= 0.6 is 0 Å². The number of para-hydroxylation sites is 2. The minimum absolute atomic E-state index is 1.09. The van der Waals surface area contributed by atoms with Gasteiger partial charge in [-0.1, -0.05) is 206 Å². The van der Waals surface area contributed by atoms with Gasteiger partial charge in [-0.05, 0) is 161 Å². The molecule has 12 aromatic carbocycles. The summed E-state index contributed by atoms with van der Waals surface area (Å²) in [6.07, 6.45) is 9.00. The SMILES string of the molecule is C(=C\c1c2ccccc2cc2ccccc12)/c1ccc(N(c2ccccc2)c2ccc(-c3ccc(N(c4ccccc4)c4ccc(/C=C/c5c6ccccc6cc6ccccc56)cc4)cc3)cc2)cc1. The Kier molecular flexibility index (Phi) is 11.3. The summed E-state index contributed by atoms with van der Waals surface area (Å²) in [5, 5.41) is 10.0. The average Bonchev–Trinajstić information content (AvgIpc) is 3.43. The Morgan fingerprint density at radius 1 is 0.214 bits per heavy atom. The van der Waals surface area contributed by atoms with Crippen LogP contribution in [0.4, 0.5) is 34.1 Å². The smallest absolute Gasteiger partial charge is 0.0462 e. The van der Waals surface area contributed by atoms with E-state index in [-0.39, 0.29) is 0 Å². The molecule has 2 nitrogen and oxygen atoms in total. The number of benzene rings is 12. The number of anilines is 6. The van der Waals surface area contributed by atoms with Crippen molar-refractivity contribution < 1.29 is 0 Å². The van der Waals surface area contributed by atoms with Gasteiger partial charge in [-0.25, -0.2) is 0 Å². The van der Waals surface area contributed by atoms with Crippen LogP contribution in [0.15, 0.2) is 267 Å². The first-order valence-electron chi connectivity index (χ1n) is 24.0. The standard InChI is InChI=1S/C68H48N2/c1-3-19-57(20-4-1)69(59-37-27-49(28-38-59)31-45-67-63-23-11-7-15-53(63)47-54-16-8-12-24-64(54)67)61-41-33-51(34-42-61)52-35-43-62(44-36-52)70(58-21-5-2-6-22-58)60-39-29-50(30-40-60)32-46-68-65-25-13-9-17-55(65)48-56-18-10-14-26-66(56)68/h1-48H/b45-31+,46-32+. The van der Waals surface area contributed by atoms with E-state index in [1.54, 1.807) is 0 Å². The van der Waals surface area contributed by atoms with Crippen molar-refractivity contribution in [3.8, 4) is 11.1 Å². The van der Waals surface area contributed by atoms with Crippen LogP contribution in [0.5, 0.6) is 0 Å². The first kappa shape index (κ1) is 42.1. The topological polar surface area (TPSA) is 6.48 Å². The zero-order chi connectivity index (χ0) is 46.6. The third-order valence-corrected chi connectivity index (χ3v) is 13.4. The average molecular weight is 893 g/mol. The van der Waals surface area contributed by atoms with E-state index >= 15 is 0 Å². The summed E-state index contributed by atoms with van der Waals surface area (Å²) in [7, 11) is 0.